The van der Waals surface area contributed by atoms with Crippen molar-refractivity contribution in [1.29, 1.82) is 0 Å². The van der Waals surface area contributed by atoms with Crippen LogP contribution in [0.5, 0.6) is 5.75 Å². The lowest BCUT2D eigenvalue weighted by molar-refractivity contribution is -0.108. The Morgan fingerprint density at radius 2 is 1.54 bits per heavy atom. The molecular weight excluding hydrogens is 367 g/mol. The van der Waals surface area contributed by atoms with E-state index >= 15 is 0 Å². The summed E-state index contributed by atoms with van der Waals surface area (Å²) >= 11 is 12.0. The minimum atomic E-state index is -0.385. The van der Waals surface area contributed by atoms with E-state index in [9.17, 15) is 4.79 Å². The molecular formula is C22H18Cl2O2. The van der Waals surface area contributed by atoms with Gasteiger partial charge in [0.2, 0.25) is 0 Å². The first-order chi connectivity index (χ1) is 12.7. The summed E-state index contributed by atoms with van der Waals surface area (Å²) in [6, 6.07) is 23.0. The van der Waals surface area contributed by atoms with Crippen molar-refractivity contribution in [2.75, 3.05) is 12.5 Å². The lowest BCUT2D eigenvalue weighted by atomic mass is 9.87. The first kappa shape index (κ1) is 18.5. The highest BCUT2D eigenvalue weighted by Crippen LogP contribution is 2.36. The van der Waals surface area contributed by atoms with Gasteiger partial charge in [0.1, 0.15) is 18.6 Å². The Hall–Kier alpha value is -2.29. The van der Waals surface area contributed by atoms with Crippen LogP contribution in [0.25, 0.3) is 11.1 Å². The van der Waals surface area contributed by atoms with Gasteiger partial charge in [0, 0.05) is 10.6 Å². The second kappa shape index (κ2) is 8.88. The van der Waals surface area contributed by atoms with Crippen LogP contribution < -0.4 is 4.74 Å². The Kier molecular flexibility index (Phi) is 6.32. The molecule has 4 heteroatoms. The third kappa shape index (κ3) is 4.09. The Labute approximate surface area is 163 Å². The number of benzene rings is 3. The van der Waals surface area contributed by atoms with Crippen LogP contribution in [-0.4, -0.2) is 18.8 Å². The van der Waals surface area contributed by atoms with Crippen LogP contribution in [0.3, 0.4) is 0 Å². The van der Waals surface area contributed by atoms with Gasteiger partial charge in [-0.05, 0) is 34.9 Å². The third-order valence-corrected chi connectivity index (χ3v) is 4.66. The van der Waals surface area contributed by atoms with Gasteiger partial charge in [-0.15, -0.1) is 11.6 Å². The topological polar surface area (TPSA) is 26.3 Å². The zero-order valence-corrected chi connectivity index (χ0v) is 15.6. The van der Waals surface area contributed by atoms with Crippen molar-refractivity contribution in [3.63, 3.8) is 0 Å². The van der Waals surface area contributed by atoms with E-state index < -0.39 is 0 Å². The number of halogens is 2. The first-order valence-electron chi connectivity index (χ1n) is 8.32. The minimum absolute atomic E-state index is 0.385. The number of carbonyl (C=O) groups is 1. The fourth-order valence-corrected chi connectivity index (χ4v) is 3.27. The Morgan fingerprint density at radius 1 is 0.885 bits per heavy atom. The predicted octanol–water partition coefficient (Wildman–Crippen LogP) is 5.96. The average Bonchev–Trinajstić information content (AvgIpc) is 2.69. The molecule has 0 aromatic heterocycles. The number of alkyl halides is 1. The first-order valence-corrected chi connectivity index (χ1v) is 9.23. The van der Waals surface area contributed by atoms with Crippen LogP contribution in [0.1, 0.15) is 17.0 Å². The van der Waals surface area contributed by atoms with E-state index in [4.69, 9.17) is 27.9 Å². The van der Waals surface area contributed by atoms with Crippen molar-refractivity contribution in [2.24, 2.45) is 0 Å². The summed E-state index contributed by atoms with van der Waals surface area (Å²) in [5.41, 5.74) is 3.69. The van der Waals surface area contributed by atoms with Gasteiger partial charge < -0.3 is 9.53 Å². The Balaban J connectivity index is 1.99. The fraction of sp³-hybridized carbons (Fsp3) is 0.136. The van der Waals surface area contributed by atoms with Crippen molar-refractivity contribution in [2.45, 2.75) is 5.92 Å². The normalized spacial score (nSPS) is 11.8. The number of hydrogen-bond acceptors (Lipinski definition) is 2. The molecule has 26 heavy (non-hydrogen) atoms. The van der Waals surface area contributed by atoms with Crippen LogP contribution in [0.15, 0.2) is 72.8 Å². The smallest absolute Gasteiger partial charge is 0.131 e. The van der Waals surface area contributed by atoms with Gasteiger partial charge in [0.05, 0.1) is 11.8 Å². The number of rotatable bonds is 7. The average molecular weight is 385 g/mol. The second-order valence-electron chi connectivity index (χ2n) is 5.79. The Morgan fingerprint density at radius 3 is 2.19 bits per heavy atom. The highest BCUT2D eigenvalue weighted by Gasteiger charge is 2.18. The molecule has 3 rings (SSSR count). The van der Waals surface area contributed by atoms with Crippen molar-refractivity contribution < 1.29 is 9.53 Å². The lowest BCUT2D eigenvalue weighted by Crippen LogP contribution is -2.05. The molecule has 1 atom stereocenters. The van der Waals surface area contributed by atoms with Gasteiger partial charge in [0.25, 0.3) is 0 Å². The highest BCUT2D eigenvalue weighted by atomic mass is 35.5. The van der Waals surface area contributed by atoms with Crippen LogP contribution in [0, 0.1) is 0 Å². The molecule has 3 aromatic rings. The summed E-state index contributed by atoms with van der Waals surface area (Å²) in [4.78, 5) is 11.9. The van der Waals surface area contributed by atoms with E-state index in [0.29, 0.717) is 17.5 Å². The van der Waals surface area contributed by atoms with Gasteiger partial charge in [-0.2, -0.15) is 0 Å². The maximum absolute atomic E-state index is 11.9. The van der Waals surface area contributed by atoms with E-state index in [0.717, 1.165) is 34.3 Å². The molecule has 0 fully saturated rings. The highest BCUT2D eigenvalue weighted by molar-refractivity contribution is 6.33. The maximum atomic E-state index is 11.9. The monoisotopic (exact) mass is 384 g/mol. The number of carbonyl (C=O) groups excluding carboxylic acids is 1. The molecule has 0 aliphatic carbocycles. The quantitative estimate of drug-likeness (QED) is 0.371. The largest absolute Gasteiger partial charge is 0.492 e. The number of hydrogen-bond donors (Lipinski definition) is 0. The molecule has 0 spiro atoms. The molecule has 0 saturated heterocycles. The second-order valence-corrected chi connectivity index (χ2v) is 6.57. The number of aldehydes is 1. The van der Waals surface area contributed by atoms with Crippen LogP contribution in [0.4, 0.5) is 0 Å². The van der Waals surface area contributed by atoms with Gasteiger partial charge in [-0.1, -0.05) is 66.2 Å². The summed E-state index contributed by atoms with van der Waals surface area (Å²) in [7, 11) is 0. The standard InChI is InChI=1S/C22H18Cl2O2/c23-13-14-26-17-11-9-16(10-12-17)21(15-25)19-6-2-1-5-18(19)20-7-3-4-8-22(20)24/h1-12,15,21H,13-14H2/t21-/m0/s1. The van der Waals surface area contributed by atoms with Crippen molar-refractivity contribution in [1.82, 2.24) is 0 Å². The molecule has 0 N–H and O–H groups in total. The Bertz CT molecular complexity index is 875. The molecule has 0 radical (unpaired) electrons. The van der Waals surface area contributed by atoms with E-state index in [-0.39, 0.29) is 5.92 Å². The molecule has 0 aliphatic heterocycles. The summed E-state index contributed by atoms with van der Waals surface area (Å²) in [5, 5.41) is 0.662. The summed E-state index contributed by atoms with van der Waals surface area (Å²) in [6.07, 6.45) is 0.963. The zero-order valence-electron chi connectivity index (χ0n) is 14.1. The summed E-state index contributed by atoms with van der Waals surface area (Å²) in [6.45, 7) is 0.452. The van der Waals surface area contributed by atoms with E-state index in [2.05, 4.69) is 0 Å². The van der Waals surface area contributed by atoms with Crippen molar-refractivity contribution in [3.05, 3.63) is 88.9 Å². The molecule has 132 valence electrons. The van der Waals surface area contributed by atoms with Crippen LogP contribution in [0.2, 0.25) is 5.02 Å². The maximum Gasteiger partial charge on any atom is 0.131 e. The molecule has 0 unspecified atom stereocenters. The third-order valence-electron chi connectivity index (χ3n) is 4.18. The van der Waals surface area contributed by atoms with Gasteiger partial charge in [-0.25, -0.2) is 0 Å². The summed E-state index contributed by atoms with van der Waals surface area (Å²) in [5.74, 6) is 0.784. The predicted molar refractivity (Wildman–Crippen MR) is 107 cm³/mol. The van der Waals surface area contributed by atoms with E-state index in [1.807, 2.05) is 72.8 Å². The number of ether oxygens (including phenoxy) is 1. The van der Waals surface area contributed by atoms with Crippen LogP contribution in [-0.2, 0) is 4.79 Å². The molecule has 0 bridgehead atoms. The SMILES string of the molecule is O=C[C@@H](c1ccc(OCCCl)cc1)c1ccccc1-c1ccccc1Cl. The van der Waals surface area contributed by atoms with E-state index in [1.165, 1.54) is 0 Å². The van der Waals surface area contributed by atoms with Gasteiger partial charge in [0.15, 0.2) is 0 Å². The lowest BCUT2D eigenvalue weighted by Gasteiger charge is -2.17. The molecule has 0 aliphatic rings. The molecule has 0 heterocycles. The van der Waals surface area contributed by atoms with E-state index in [1.54, 1.807) is 0 Å². The zero-order chi connectivity index (χ0) is 18.4. The van der Waals surface area contributed by atoms with Crippen molar-refractivity contribution in [3.8, 4) is 16.9 Å². The van der Waals surface area contributed by atoms with Crippen LogP contribution >= 0.6 is 23.2 Å². The van der Waals surface area contributed by atoms with Gasteiger partial charge in [-0.3, -0.25) is 0 Å². The summed E-state index contributed by atoms with van der Waals surface area (Å²) < 4.78 is 5.50. The van der Waals surface area contributed by atoms with Gasteiger partial charge >= 0.3 is 0 Å². The molecule has 2 nitrogen and oxygen atoms in total. The molecule has 3 aromatic carbocycles. The molecule has 0 saturated carbocycles. The molecule has 0 amide bonds. The van der Waals surface area contributed by atoms with Crippen molar-refractivity contribution >= 4 is 29.5 Å². The minimum Gasteiger partial charge on any atom is -0.492 e. The fourth-order valence-electron chi connectivity index (χ4n) is 2.95.